The first-order chi connectivity index (χ1) is 16.7. The highest BCUT2D eigenvalue weighted by molar-refractivity contribution is 5.93. The number of nitrogens with one attached hydrogen (secondary N) is 2. The van der Waals surface area contributed by atoms with Crippen molar-refractivity contribution in [2.45, 2.75) is 51.3 Å². The van der Waals surface area contributed by atoms with Crippen molar-refractivity contribution in [3.05, 3.63) is 49.1 Å². The highest BCUT2D eigenvalue weighted by atomic mass is 16.5. The van der Waals surface area contributed by atoms with Gasteiger partial charge >= 0.3 is 0 Å². The molecule has 0 unspecified atom stereocenters. The molecule has 9 nitrogen and oxygen atoms in total. The van der Waals surface area contributed by atoms with E-state index in [1.165, 1.54) is 0 Å². The predicted octanol–water partition coefficient (Wildman–Crippen LogP) is 4.53. The van der Waals surface area contributed by atoms with E-state index in [2.05, 4.69) is 39.7 Å². The van der Waals surface area contributed by atoms with Crippen molar-refractivity contribution in [3.8, 4) is 17.0 Å². The second-order valence-electron chi connectivity index (χ2n) is 9.01. The lowest BCUT2D eigenvalue weighted by atomic mass is 9.93. The van der Waals surface area contributed by atoms with Crippen LogP contribution in [0.2, 0.25) is 0 Å². The summed E-state index contributed by atoms with van der Waals surface area (Å²) < 4.78 is 10.1. The number of aromatic nitrogens is 7. The first-order valence-corrected chi connectivity index (χ1v) is 11.9. The van der Waals surface area contributed by atoms with Crippen molar-refractivity contribution in [2.24, 2.45) is 7.05 Å². The molecular weight excluding hydrogens is 428 g/mol. The Balaban J connectivity index is 1.13. The molecule has 4 aromatic heterocycles. The molecule has 2 N–H and O–H groups in total. The number of hydrogen-bond donors (Lipinski definition) is 2. The van der Waals surface area contributed by atoms with Gasteiger partial charge in [0.15, 0.2) is 0 Å². The number of nitrogens with zero attached hydrogens (tertiary/aromatic N) is 6. The van der Waals surface area contributed by atoms with Crippen LogP contribution in [0.25, 0.3) is 33.1 Å². The standard InChI is InChI=1S/C25H28N8O/c1-3-33-23-11-24(26-14-21(23)25(31-33)17-13-28-32(2)15-17)29-18-4-6-19(7-5-18)34-20-8-9-22-16(10-20)12-27-30-22/h8-15,18-19H,3-7H2,1-2H3,(H,26,29)(H,27,30). The van der Waals surface area contributed by atoms with E-state index in [1.54, 1.807) is 4.68 Å². The normalized spacial score (nSPS) is 18.5. The van der Waals surface area contributed by atoms with Gasteiger partial charge in [0.2, 0.25) is 0 Å². The zero-order valence-corrected chi connectivity index (χ0v) is 19.4. The van der Waals surface area contributed by atoms with Crippen LogP contribution in [0.4, 0.5) is 5.82 Å². The monoisotopic (exact) mass is 456 g/mol. The number of ether oxygens (including phenoxy) is 1. The minimum Gasteiger partial charge on any atom is -0.490 e. The van der Waals surface area contributed by atoms with E-state index in [0.717, 1.165) is 76.9 Å². The topological polar surface area (TPSA) is 98.5 Å². The van der Waals surface area contributed by atoms with Crippen molar-refractivity contribution in [2.75, 3.05) is 5.32 Å². The molecule has 0 spiro atoms. The van der Waals surface area contributed by atoms with Crippen LogP contribution in [-0.2, 0) is 13.6 Å². The molecule has 0 aliphatic heterocycles. The van der Waals surface area contributed by atoms with Crippen LogP contribution in [0.3, 0.4) is 0 Å². The summed E-state index contributed by atoms with van der Waals surface area (Å²) in [5.74, 6) is 1.81. The lowest BCUT2D eigenvalue weighted by Gasteiger charge is -2.30. The maximum atomic E-state index is 6.26. The van der Waals surface area contributed by atoms with E-state index in [-0.39, 0.29) is 6.10 Å². The van der Waals surface area contributed by atoms with Gasteiger partial charge < -0.3 is 10.1 Å². The maximum absolute atomic E-state index is 6.26. The Morgan fingerprint density at radius 1 is 1.12 bits per heavy atom. The molecule has 9 heteroatoms. The van der Waals surface area contributed by atoms with Gasteiger partial charge in [0.05, 0.1) is 29.5 Å². The minimum absolute atomic E-state index is 0.237. The lowest BCUT2D eigenvalue weighted by Crippen LogP contribution is -2.31. The molecule has 0 bridgehead atoms. The quantitative estimate of drug-likeness (QED) is 0.390. The Morgan fingerprint density at radius 2 is 2.00 bits per heavy atom. The minimum atomic E-state index is 0.237. The molecule has 0 amide bonds. The SMILES string of the molecule is CCn1nc(-c2cnn(C)c2)c2cnc(NC3CCC(Oc4ccc5[nH]ncc5c4)CC3)cc21. The van der Waals surface area contributed by atoms with Crippen LogP contribution >= 0.6 is 0 Å². The fourth-order valence-corrected chi connectivity index (χ4v) is 4.87. The number of fused-ring (bicyclic) bond motifs is 2. The number of aryl methyl sites for hydroxylation is 2. The van der Waals surface area contributed by atoms with E-state index in [4.69, 9.17) is 14.8 Å². The lowest BCUT2D eigenvalue weighted by molar-refractivity contribution is 0.150. The number of hydrogen-bond acceptors (Lipinski definition) is 6. The molecule has 5 aromatic rings. The van der Waals surface area contributed by atoms with Crippen molar-refractivity contribution in [1.29, 1.82) is 0 Å². The van der Waals surface area contributed by atoms with E-state index in [1.807, 2.05) is 48.6 Å². The summed E-state index contributed by atoms with van der Waals surface area (Å²) in [6.07, 6.45) is 12.0. The van der Waals surface area contributed by atoms with E-state index >= 15 is 0 Å². The molecule has 6 rings (SSSR count). The number of rotatable bonds is 6. The fraction of sp³-hybridized carbons (Fsp3) is 0.360. The largest absolute Gasteiger partial charge is 0.490 e. The molecule has 34 heavy (non-hydrogen) atoms. The second kappa shape index (κ2) is 8.48. The van der Waals surface area contributed by atoms with Gasteiger partial charge in [-0.2, -0.15) is 15.3 Å². The number of benzene rings is 1. The fourth-order valence-electron chi connectivity index (χ4n) is 4.87. The molecular formula is C25H28N8O. The Hall–Kier alpha value is -3.88. The predicted molar refractivity (Wildman–Crippen MR) is 132 cm³/mol. The molecule has 1 aliphatic carbocycles. The van der Waals surface area contributed by atoms with Crippen molar-refractivity contribution < 1.29 is 4.74 Å². The zero-order chi connectivity index (χ0) is 23.1. The van der Waals surface area contributed by atoms with Crippen molar-refractivity contribution in [1.82, 2.24) is 34.7 Å². The van der Waals surface area contributed by atoms with Gasteiger partial charge in [0.1, 0.15) is 17.3 Å². The van der Waals surface area contributed by atoms with Crippen LogP contribution in [0.15, 0.2) is 49.1 Å². The first kappa shape index (κ1) is 20.7. The number of anilines is 1. The maximum Gasteiger partial charge on any atom is 0.128 e. The van der Waals surface area contributed by atoms with E-state index in [0.29, 0.717) is 6.04 Å². The van der Waals surface area contributed by atoms with Gasteiger partial charge in [-0.1, -0.05) is 0 Å². The van der Waals surface area contributed by atoms with Gasteiger partial charge in [-0.15, -0.1) is 0 Å². The van der Waals surface area contributed by atoms with Crippen LogP contribution in [-0.4, -0.2) is 46.9 Å². The molecule has 1 aliphatic rings. The van der Waals surface area contributed by atoms with E-state index < -0.39 is 0 Å². The van der Waals surface area contributed by atoms with Crippen LogP contribution in [0, 0.1) is 0 Å². The Morgan fingerprint density at radius 3 is 2.79 bits per heavy atom. The highest BCUT2D eigenvalue weighted by Gasteiger charge is 2.23. The molecule has 1 fully saturated rings. The van der Waals surface area contributed by atoms with Crippen LogP contribution < -0.4 is 10.1 Å². The average molecular weight is 457 g/mol. The highest BCUT2D eigenvalue weighted by Crippen LogP contribution is 2.30. The molecule has 0 atom stereocenters. The molecule has 4 heterocycles. The van der Waals surface area contributed by atoms with Gasteiger partial charge in [-0.25, -0.2) is 4.98 Å². The first-order valence-electron chi connectivity index (χ1n) is 11.9. The molecule has 1 aromatic carbocycles. The smallest absolute Gasteiger partial charge is 0.128 e. The summed E-state index contributed by atoms with van der Waals surface area (Å²) >= 11 is 0. The molecule has 174 valence electrons. The summed E-state index contributed by atoms with van der Waals surface area (Å²) in [5.41, 5.74) is 4.05. The Kier molecular flexibility index (Phi) is 5.16. The zero-order valence-electron chi connectivity index (χ0n) is 19.4. The number of aromatic amines is 1. The third-order valence-corrected chi connectivity index (χ3v) is 6.65. The van der Waals surface area contributed by atoms with Crippen molar-refractivity contribution in [3.63, 3.8) is 0 Å². The van der Waals surface area contributed by atoms with Gasteiger partial charge in [-0.3, -0.25) is 14.5 Å². The third-order valence-electron chi connectivity index (χ3n) is 6.65. The molecule has 0 saturated heterocycles. The van der Waals surface area contributed by atoms with Gasteiger partial charge in [0.25, 0.3) is 0 Å². The van der Waals surface area contributed by atoms with Crippen LogP contribution in [0.1, 0.15) is 32.6 Å². The van der Waals surface area contributed by atoms with E-state index in [9.17, 15) is 0 Å². The molecule has 0 radical (unpaired) electrons. The van der Waals surface area contributed by atoms with Crippen molar-refractivity contribution >= 4 is 27.6 Å². The third kappa shape index (κ3) is 3.87. The van der Waals surface area contributed by atoms with Gasteiger partial charge in [-0.05, 0) is 50.8 Å². The average Bonchev–Trinajstić information content (AvgIpc) is 3.58. The molecule has 1 saturated carbocycles. The summed E-state index contributed by atoms with van der Waals surface area (Å²) in [6.45, 7) is 2.91. The Bertz CT molecular complexity index is 1440. The summed E-state index contributed by atoms with van der Waals surface area (Å²) in [4.78, 5) is 4.72. The van der Waals surface area contributed by atoms with Gasteiger partial charge in [0, 0.05) is 54.4 Å². The number of pyridine rings is 1. The summed E-state index contributed by atoms with van der Waals surface area (Å²) in [5, 5.41) is 21.9. The van der Waals surface area contributed by atoms with Crippen LogP contribution in [0.5, 0.6) is 5.75 Å². The summed E-state index contributed by atoms with van der Waals surface area (Å²) in [7, 11) is 1.92. The Labute approximate surface area is 197 Å². The second-order valence-corrected chi connectivity index (χ2v) is 9.01. The number of H-pyrrole nitrogens is 1. The summed E-state index contributed by atoms with van der Waals surface area (Å²) in [6, 6.07) is 8.60.